The first-order valence-corrected chi connectivity index (χ1v) is 26.4. The van der Waals surface area contributed by atoms with Crippen LogP contribution in [0.25, 0.3) is 10.8 Å². The van der Waals surface area contributed by atoms with Gasteiger partial charge in [-0.25, -0.2) is 27.4 Å². The van der Waals surface area contributed by atoms with Crippen LogP contribution in [0, 0.1) is 0 Å². The van der Waals surface area contributed by atoms with Crippen molar-refractivity contribution in [3.05, 3.63) is 96.0 Å². The summed E-state index contributed by atoms with van der Waals surface area (Å²) in [7, 11) is -19.0. The van der Waals surface area contributed by atoms with E-state index in [9.17, 15) is 47.9 Å². The summed E-state index contributed by atoms with van der Waals surface area (Å²) in [6, 6.07) is 17.4. The van der Waals surface area contributed by atoms with E-state index in [0.29, 0.717) is 11.8 Å². The predicted octanol–water partition coefficient (Wildman–Crippen LogP) is 8.69. The summed E-state index contributed by atoms with van der Waals surface area (Å²) < 4.78 is 138. The zero-order valence-corrected chi connectivity index (χ0v) is 40.5. The fourth-order valence-electron chi connectivity index (χ4n) is 5.84. The molecule has 6 rings (SSSR count). The van der Waals surface area contributed by atoms with Crippen molar-refractivity contribution in [3.63, 3.8) is 0 Å². The molecule has 0 amide bonds. The van der Waals surface area contributed by atoms with Crippen LogP contribution in [0.1, 0.15) is 0 Å². The van der Waals surface area contributed by atoms with Crippen LogP contribution in [-0.4, -0.2) is 70.8 Å². The van der Waals surface area contributed by atoms with Gasteiger partial charge in [0.05, 0.1) is 77.9 Å². The van der Waals surface area contributed by atoms with Gasteiger partial charge in [0.15, 0.2) is 27.9 Å². The number of anilines is 4. The molecule has 12 N–H and O–H groups in total. The number of nitrogens with zero attached hydrogens (tertiary/aromatic N) is 6. The Labute approximate surface area is 413 Å². The SMILES string of the molecule is Nc1cc(N)c(/N=N/c2ccc(NS(=O)(=O)c3ccc(/N=N/c4c(S(=O)(=O)O)cc5cc(SOOO)c(/N=N/c6ccc(S(=O)(=O)CCOSOOO)cc6S(=O)(=O)O)c(O)c5c4N)cc3)cc2)cc1Cl. The number of fused-ring (bicyclic) bond motifs is 1. The quantitative estimate of drug-likeness (QED) is 0.00618. The van der Waals surface area contributed by atoms with Crippen LogP contribution >= 0.6 is 36.0 Å². The Morgan fingerprint density at radius 2 is 1.23 bits per heavy atom. The van der Waals surface area contributed by atoms with E-state index in [1.165, 1.54) is 48.5 Å². The molecule has 0 unspecified atom stereocenters. The molecule has 0 aliphatic carbocycles. The van der Waals surface area contributed by atoms with Crippen molar-refractivity contribution < 1.29 is 81.3 Å². The van der Waals surface area contributed by atoms with Gasteiger partial charge in [-0.05, 0) is 96.4 Å². The van der Waals surface area contributed by atoms with Crippen molar-refractivity contribution in [2.45, 2.75) is 24.5 Å². The molecule has 0 saturated carbocycles. The molecule has 0 atom stereocenters. The molecule has 376 valence electrons. The van der Waals surface area contributed by atoms with Gasteiger partial charge in [0.25, 0.3) is 30.3 Å². The van der Waals surface area contributed by atoms with E-state index in [0.717, 1.165) is 36.4 Å². The van der Waals surface area contributed by atoms with E-state index in [4.69, 9.17) is 43.5 Å². The van der Waals surface area contributed by atoms with Gasteiger partial charge in [-0.1, -0.05) is 21.7 Å². The number of sulfone groups is 1. The fourth-order valence-corrected chi connectivity index (χ4v) is 10.4. The highest BCUT2D eigenvalue weighted by molar-refractivity contribution is 7.94. The smallest absolute Gasteiger partial charge is 0.296 e. The maximum atomic E-state index is 13.2. The van der Waals surface area contributed by atoms with Crippen molar-refractivity contribution in [2.24, 2.45) is 30.7 Å². The van der Waals surface area contributed by atoms with Crippen LogP contribution in [0.4, 0.5) is 56.9 Å². The van der Waals surface area contributed by atoms with Crippen LogP contribution in [0.5, 0.6) is 5.75 Å². The molecule has 35 heteroatoms. The van der Waals surface area contributed by atoms with E-state index in [-0.39, 0.29) is 73.0 Å². The molecule has 0 aliphatic heterocycles. The molecular weight excluding hydrogens is 1090 g/mol. The first-order chi connectivity index (χ1) is 33.4. The highest BCUT2D eigenvalue weighted by atomic mass is 35.5. The number of aromatic hydroxyl groups is 1. The van der Waals surface area contributed by atoms with E-state index >= 15 is 0 Å². The normalized spacial score (nSPS) is 12.7. The summed E-state index contributed by atoms with van der Waals surface area (Å²) in [5.74, 6) is -1.70. The van der Waals surface area contributed by atoms with E-state index < -0.39 is 101 Å². The van der Waals surface area contributed by atoms with Crippen LogP contribution in [-0.2, 0) is 63.0 Å². The molecule has 0 aliphatic rings. The lowest BCUT2D eigenvalue weighted by Crippen LogP contribution is -2.12. The molecule has 0 bridgehead atoms. The third kappa shape index (κ3) is 13.4. The Balaban J connectivity index is 1.30. The number of nitrogens with one attached hydrogen (secondary N) is 1. The van der Waals surface area contributed by atoms with Crippen LogP contribution in [0.15, 0.2) is 146 Å². The number of nitrogens with two attached hydrogens (primary N) is 3. The van der Waals surface area contributed by atoms with Gasteiger partial charge in [0, 0.05) is 5.69 Å². The van der Waals surface area contributed by atoms with E-state index in [1.54, 1.807) is 0 Å². The molecule has 0 radical (unpaired) electrons. The number of nitrogen functional groups attached to an aromatic ring is 3. The third-order valence-electron chi connectivity index (χ3n) is 9.07. The number of hydrogen-bond donors (Lipinski definition) is 9. The fraction of sp³-hybridized carbons (Fsp3) is 0.0556. The molecule has 0 saturated heterocycles. The topological polar surface area (TPSA) is 448 Å². The lowest BCUT2D eigenvalue weighted by molar-refractivity contribution is -0.434. The average molecular weight is 1120 g/mol. The first kappa shape index (κ1) is 54.1. The van der Waals surface area contributed by atoms with Gasteiger partial charge in [0.1, 0.15) is 32.5 Å². The van der Waals surface area contributed by atoms with Crippen LogP contribution < -0.4 is 21.9 Å². The Morgan fingerprint density at radius 3 is 1.86 bits per heavy atom. The number of hydrogen-bond acceptors (Lipinski definition) is 27. The van der Waals surface area contributed by atoms with E-state index in [1.807, 2.05) is 0 Å². The number of phenols is 1. The lowest BCUT2D eigenvalue weighted by Gasteiger charge is -2.14. The molecule has 0 spiro atoms. The Hall–Kier alpha value is -6.19. The van der Waals surface area contributed by atoms with Crippen molar-refractivity contribution >= 4 is 144 Å². The third-order valence-corrected chi connectivity index (χ3v) is 15.2. The largest absolute Gasteiger partial charge is 0.505 e. The van der Waals surface area contributed by atoms with Crippen LogP contribution in [0.2, 0.25) is 5.02 Å². The molecule has 28 nitrogen and oxygen atoms in total. The van der Waals surface area contributed by atoms with Crippen LogP contribution in [0.3, 0.4) is 0 Å². The van der Waals surface area contributed by atoms with Gasteiger partial charge in [-0.3, -0.25) is 18.0 Å². The first-order valence-electron chi connectivity index (χ1n) is 18.6. The van der Waals surface area contributed by atoms with Crippen molar-refractivity contribution in [2.75, 3.05) is 34.3 Å². The summed E-state index contributed by atoms with van der Waals surface area (Å²) in [6.07, 6.45) is 0. The number of benzene rings is 6. The molecule has 0 fully saturated rings. The standard InChI is InChI=1S/C36H31ClN10O18S6/c37-24-16-28(26(39)17-25(24)38)44-41-19-1-3-21(4-2-19)47-69(53,54)22-7-5-20(6-8-22)42-46-35-31(71(58,59)60)14-18-13-29(66-64-62-49)34(36(48)32(18)33(35)40)45-43-27-10-9-23(15-30(27)70(55,56)57)68(51,52)12-11-61-67-65-63-50/h1-10,13-17,47-50H,11-12,38-40H2,(H,55,56,57)(H,58,59,60)/b44-41+,45-43+,46-42+. The molecule has 6 aromatic rings. The van der Waals surface area contributed by atoms with E-state index in [2.05, 4.69) is 54.2 Å². The molecule has 71 heavy (non-hydrogen) atoms. The highest BCUT2D eigenvalue weighted by Gasteiger charge is 2.27. The minimum Gasteiger partial charge on any atom is -0.505 e. The summed E-state index contributed by atoms with van der Waals surface area (Å²) in [5, 5.41) is 58.5. The van der Waals surface area contributed by atoms with Gasteiger partial charge >= 0.3 is 0 Å². The van der Waals surface area contributed by atoms with Crippen molar-refractivity contribution in [1.82, 2.24) is 0 Å². The minimum atomic E-state index is -5.25. The summed E-state index contributed by atoms with van der Waals surface area (Å²) in [5.41, 5.74) is 16.4. The molecule has 0 aromatic heterocycles. The summed E-state index contributed by atoms with van der Waals surface area (Å²) in [6.45, 7) is -0.549. The number of phenolic OH excluding ortho intramolecular Hbond substituents is 1. The predicted molar refractivity (Wildman–Crippen MR) is 254 cm³/mol. The van der Waals surface area contributed by atoms with Gasteiger partial charge in [-0.15, -0.1) is 29.1 Å². The second-order valence-electron chi connectivity index (χ2n) is 13.6. The lowest BCUT2D eigenvalue weighted by atomic mass is 10.1. The molecular formula is C36H31ClN10O18S6. The average Bonchev–Trinajstić information content (AvgIpc) is 3.30. The molecule has 0 heterocycles. The van der Waals surface area contributed by atoms with Gasteiger partial charge in [-0.2, -0.15) is 27.1 Å². The Morgan fingerprint density at radius 1 is 0.634 bits per heavy atom. The highest BCUT2D eigenvalue weighted by Crippen LogP contribution is 2.50. The second kappa shape index (κ2) is 22.5. The monoisotopic (exact) mass is 1120 g/mol. The number of sulfonamides is 1. The zero-order chi connectivity index (χ0) is 51.9. The second-order valence-corrected chi connectivity index (χ2v) is 21.9. The maximum Gasteiger partial charge on any atom is 0.296 e. The maximum absolute atomic E-state index is 13.2. The Bertz CT molecular complexity index is 3560. The zero-order valence-electron chi connectivity index (χ0n) is 34.9. The number of rotatable bonds is 21. The minimum absolute atomic E-state index is 0.0716. The number of halogens is 1. The van der Waals surface area contributed by atoms with Gasteiger partial charge < -0.3 is 22.3 Å². The van der Waals surface area contributed by atoms with Crippen molar-refractivity contribution in [1.29, 1.82) is 0 Å². The Kier molecular flexibility index (Phi) is 17.1. The number of azo groups is 3. The summed E-state index contributed by atoms with van der Waals surface area (Å²) >= 11 is 6.25. The molecule has 6 aromatic carbocycles. The summed E-state index contributed by atoms with van der Waals surface area (Å²) in [4.78, 5) is -3.26. The van der Waals surface area contributed by atoms with Gasteiger partial charge in [0.2, 0.25) is 0 Å². The van der Waals surface area contributed by atoms with Crippen molar-refractivity contribution in [3.8, 4) is 5.75 Å².